The number of hydrogen-bond donors (Lipinski definition) is 1. The molecule has 0 atom stereocenters. The van der Waals surface area contributed by atoms with Crippen molar-refractivity contribution in [1.82, 2.24) is 9.55 Å². The van der Waals surface area contributed by atoms with Crippen LogP contribution in [0.3, 0.4) is 0 Å². The molecule has 1 heterocycles. The average molecular weight is 182 g/mol. The minimum Gasteiger partial charge on any atom is -0.295 e. The van der Waals surface area contributed by atoms with Crippen molar-refractivity contribution < 1.29 is 0 Å². The van der Waals surface area contributed by atoms with Gasteiger partial charge in [0.25, 0.3) is 5.56 Å². The molecule has 13 heavy (non-hydrogen) atoms. The van der Waals surface area contributed by atoms with E-state index in [9.17, 15) is 9.59 Å². The molecular formula is C9H14N2O2. The molecule has 72 valence electrons. The van der Waals surface area contributed by atoms with Crippen LogP contribution in [0.2, 0.25) is 0 Å². The molecule has 1 rings (SSSR count). The molecule has 0 aliphatic rings. The Morgan fingerprint density at radius 2 is 1.85 bits per heavy atom. The van der Waals surface area contributed by atoms with Gasteiger partial charge in [0, 0.05) is 17.3 Å². The highest BCUT2D eigenvalue weighted by Crippen LogP contribution is 2.09. The summed E-state index contributed by atoms with van der Waals surface area (Å²) in [6, 6.07) is 0. The van der Waals surface area contributed by atoms with Crippen LogP contribution in [-0.2, 0) is 5.54 Å². The second-order valence-electron chi connectivity index (χ2n) is 4.11. The van der Waals surface area contributed by atoms with E-state index in [0.717, 1.165) is 0 Å². The van der Waals surface area contributed by atoms with Crippen LogP contribution >= 0.6 is 0 Å². The Hall–Kier alpha value is -1.32. The molecule has 0 radical (unpaired) electrons. The number of aryl methyl sites for hydroxylation is 1. The summed E-state index contributed by atoms with van der Waals surface area (Å²) in [7, 11) is 0. The largest absolute Gasteiger partial charge is 0.328 e. The van der Waals surface area contributed by atoms with Gasteiger partial charge >= 0.3 is 5.69 Å². The summed E-state index contributed by atoms with van der Waals surface area (Å²) in [6.07, 6.45) is 1.58. The van der Waals surface area contributed by atoms with Crippen LogP contribution in [0.4, 0.5) is 0 Å². The maximum Gasteiger partial charge on any atom is 0.328 e. The van der Waals surface area contributed by atoms with E-state index in [1.807, 2.05) is 20.8 Å². The molecule has 1 aromatic heterocycles. The summed E-state index contributed by atoms with van der Waals surface area (Å²) in [5.74, 6) is 0. The van der Waals surface area contributed by atoms with E-state index in [-0.39, 0.29) is 16.8 Å². The Kier molecular flexibility index (Phi) is 2.15. The van der Waals surface area contributed by atoms with Crippen LogP contribution in [0.25, 0.3) is 0 Å². The number of nitrogens with one attached hydrogen (secondary N) is 1. The summed E-state index contributed by atoms with van der Waals surface area (Å²) < 4.78 is 1.52. The van der Waals surface area contributed by atoms with Crippen LogP contribution < -0.4 is 11.2 Å². The first-order chi connectivity index (χ1) is 5.82. The molecule has 4 nitrogen and oxygen atoms in total. The Balaban J connectivity index is 3.51. The summed E-state index contributed by atoms with van der Waals surface area (Å²) in [5.41, 5.74) is -0.422. The lowest BCUT2D eigenvalue weighted by molar-refractivity contribution is 0.375. The molecule has 0 aliphatic heterocycles. The van der Waals surface area contributed by atoms with Gasteiger partial charge in [0.15, 0.2) is 0 Å². The molecule has 0 spiro atoms. The van der Waals surface area contributed by atoms with Gasteiger partial charge in [0.1, 0.15) is 0 Å². The van der Waals surface area contributed by atoms with Crippen molar-refractivity contribution in [3.63, 3.8) is 0 Å². The van der Waals surface area contributed by atoms with Crippen LogP contribution in [0.1, 0.15) is 26.3 Å². The molecule has 0 amide bonds. The number of hydrogen-bond acceptors (Lipinski definition) is 2. The average Bonchev–Trinajstić information content (AvgIpc) is 1.94. The van der Waals surface area contributed by atoms with Gasteiger partial charge in [0.05, 0.1) is 0 Å². The van der Waals surface area contributed by atoms with Gasteiger partial charge in [-0.05, 0) is 27.7 Å². The summed E-state index contributed by atoms with van der Waals surface area (Å²) in [5, 5.41) is 0. The van der Waals surface area contributed by atoms with Crippen molar-refractivity contribution in [3.05, 3.63) is 32.6 Å². The lowest BCUT2D eigenvalue weighted by atomic mass is 10.1. The molecule has 0 fully saturated rings. The lowest BCUT2D eigenvalue weighted by Crippen LogP contribution is -2.39. The van der Waals surface area contributed by atoms with Crippen molar-refractivity contribution in [2.24, 2.45) is 0 Å². The third kappa shape index (κ3) is 1.88. The van der Waals surface area contributed by atoms with Gasteiger partial charge in [-0.3, -0.25) is 14.3 Å². The van der Waals surface area contributed by atoms with E-state index in [2.05, 4.69) is 4.98 Å². The highest BCUT2D eigenvalue weighted by molar-refractivity contribution is 5.02. The standard InChI is InChI=1S/C9H14N2O2/c1-6-5-11(9(2,3)4)8(13)10-7(6)12/h5H,1-4H3,(H,10,12,13). The third-order valence-corrected chi connectivity index (χ3v) is 1.84. The fourth-order valence-corrected chi connectivity index (χ4v) is 1.07. The molecule has 0 aromatic carbocycles. The second kappa shape index (κ2) is 2.87. The number of rotatable bonds is 0. The van der Waals surface area contributed by atoms with Gasteiger partial charge in [0.2, 0.25) is 0 Å². The zero-order chi connectivity index (χ0) is 10.2. The highest BCUT2D eigenvalue weighted by atomic mass is 16.2. The topological polar surface area (TPSA) is 54.9 Å². The molecule has 0 unspecified atom stereocenters. The molecule has 1 N–H and O–H groups in total. The molecule has 0 aliphatic carbocycles. The van der Waals surface area contributed by atoms with Gasteiger partial charge in [-0.2, -0.15) is 0 Å². The predicted octanol–water partition coefficient (Wildman–Crippen LogP) is 0.600. The summed E-state index contributed by atoms with van der Waals surface area (Å²) >= 11 is 0. The summed E-state index contributed by atoms with van der Waals surface area (Å²) in [6.45, 7) is 7.41. The van der Waals surface area contributed by atoms with Crippen LogP contribution in [0.15, 0.2) is 15.8 Å². The van der Waals surface area contributed by atoms with E-state index in [1.165, 1.54) is 4.57 Å². The van der Waals surface area contributed by atoms with Gasteiger partial charge in [-0.25, -0.2) is 4.79 Å². The monoisotopic (exact) mass is 182 g/mol. The third-order valence-electron chi connectivity index (χ3n) is 1.84. The van der Waals surface area contributed by atoms with E-state index in [4.69, 9.17) is 0 Å². The number of aromatic amines is 1. The normalized spacial score (nSPS) is 11.7. The van der Waals surface area contributed by atoms with E-state index < -0.39 is 0 Å². The van der Waals surface area contributed by atoms with Gasteiger partial charge < -0.3 is 0 Å². The van der Waals surface area contributed by atoms with Crippen LogP contribution in [0.5, 0.6) is 0 Å². The van der Waals surface area contributed by atoms with Gasteiger partial charge in [-0.15, -0.1) is 0 Å². The van der Waals surface area contributed by atoms with Crippen molar-refractivity contribution in [2.75, 3.05) is 0 Å². The first-order valence-electron chi connectivity index (χ1n) is 4.15. The first kappa shape index (κ1) is 9.77. The fraction of sp³-hybridized carbons (Fsp3) is 0.556. The quantitative estimate of drug-likeness (QED) is 0.638. The summed E-state index contributed by atoms with van der Waals surface area (Å²) in [4.78, 5) is 24.7. The smallest absolute Gasteiger partial charge is 0.295 e. The van der Waals surface area contributed by atoms with Crippen molar-refractivity contribution in [3.8, 4) is 0 Å². The molecule has 4 heteroatoms. The molecule has 1 aromatic rings. The highest BCUT2D eigenvalue weighted by Gasteiger charge is 2.15. The number of nitrogens with zero attached hydrogens (tertiary/aromatic N) is 1. The van der Waals surface area contributed by atoms with E-state index in [0.29, 0.717) is 5.56 Å². The van der Waals surface area contributed by atoms with E-state index >= 15 is 0 Å². The SMILES string of the molecule is Cc1cn(C(C)(C)C)c(=O)[nH]c1=O. The Morgan fingerprint density at radius 3 is 2.31 bits per heavy atom. The molecular weight excluding hydrogens is 168 g/mol. The first-order valence-corrected chi connectivity index (χ1v) is 4.15. The maximum absolute atomic E-state index is 11.3. The van der Waals surface area contributed by atoms with E-state index in [1.54, 1.807) is 13.1 Å². The zero-order valence-corrected chi connectivity index (χ0v) is 8.34. The Morgan fingerprint density at radius 1 is 1.31 bits per heavy atom. The van der Waals surface area contributed by atoms with Crippen molar-refractivity contribution in [1.29, 1.82) is 0 Å². The Labute approximate surface area is 76.2 Å². The number of aromatic nitrogens is 2. The minimum absolute atomic E-state index is 0.300. The second-order valence-corrected chi connectivity index (χ2v) is 4.11. The van der Waals surface area contributed by atoms with Crippen molar-refractivity contribution in [2.45, 2.75) is 33.2 Å². The molecule has 0 bridgehead atoms. The van der Waals surface area contributed by atoms with Crippen LogP contribution in [-0.4, -0.2) is 9.55 Å². The predicted molar refractivity (Wildman–Crippen MR) is 51.1 cm³/mol. The lowest BCUT2D eigenvalue weighted by Gasteiger charge is -2.21. The minimum atomic E-state index is -0.358. The molecule has 0 saturated carbocycles. The Bertz CT molecular complexity index is 420. The van der Waals surface area contributed by atoms with Gasteiger partial charge in [-0.1, -0.05) is 0 Å². The molecule has 0 saturated heterocycles. The maximum atomic E-state index is 11.3. The van der Waals surface area contributed by atoms with Crippen molar-refractivity contribution >= 4 is 0 Å². The number of H-pyrrole nitrogens is 1. The fourth-order valence-electron chi connectivity index (χ4n) is 1.07. The van der Waals surface area contributed by atoms with Crippen LogP contribution in [0, 0.1) is 6.92 Å². The zero-order valence-electron chi connectivity index (χ0n) is 8.34.